The minimum absolute atomic E-state index is 0.0796. The van der Waals surface area contributed by atoms with E-state index in [0.717, 1.165) is 4.47 Å². The van der Waals surface area contributed by atoms with E-state index in [9.17, 15) is 9.90 Å². The van der Waals surface area contributed by atoms with Crippen molar-refractivity contribution >= 4 is 39.1 Å². The summed E-state index contributed by atoms with van der Waals surface area (Å²) in [6.45, 7) is 1.46. The van der Waals surface area contributed by atoms with E-state index in [2.05, 4.69) is 26.5 Å². The Morgan fingerprint density at radius 3 is 2.83 bits per heavy atom. The number of ether oxygens (including phenoxy) is 1. The molecule has 0 fully saturated rings. The molecule has 2 N–H and O–H groups in total. The number of nitrogens with one attached hydrogen (secondary N) is 1. The number of aromatic hydroxyl groups is 1. The van der Waals surface area contributed by atoms with Gasteiger partial charge in [-0.2, -0.15) is 5.10 Å². The van der Waals surface area contributed by atoms with E-state index in [1.165, 1.54) is 0 Å². The highest BCUT2D eigenvalue weighted by Gasteiger charge is 2.08. The number of rotatable bonds is 5. The van der Waals surface area contributed by atoms with Crippen LogP contribution in [0, 0.1) is 0 Å². The van der Waals surface area contributed by atoms with Gasteiger partial charge >= 0.3 is 0 Å². The zero-order valence-electron chi connectivity index (χ0n) is 12.2. The molecule has 2 aromatic carbocycles. The summed E-state index contributed by atoms with van der Waals surface area (Å²) in [5, 5.41) is 14.2. The summed E-state index contributed by atoms with van der Waals surface area (Å²) in [5.41, 5.74) is 3.36. The molecule has 0 bridgehead atoms. The third-order valence-corrected chi connectivity index (χ3v) is 3.70. The Bertz CT molecular complexity index is 750. The summed E-state index contributed by atoms with van der Waals surface area (Å²) in [4.78, 5) is 11.8. The van der Waals surface area contributed by atoms with E-state index in [4.69, 9.17) is 16.3 Å². The first-order valence-corrected chi connectivity index (χ1v) is 7.84. The minimum atomic E-state index is -0.432. The lowest BCUT2D eigenvalue weighted by Crippen LogP contribution is -2.25. The lowest BCUT2D eigenvalue weighted by atomic mass is 10.1. The number of amides is 1. The van der Waals surface area contributed by atoms with Gasteiger partial charge in [0.1, 0.15) is 11.5 Å². The Kier molecular flexibility index (Phi) is 6.01. The second kappa shape index (κ2) is 7.99. The van der Waals surface area contributed by atoms with Gasteiger partial charge in [0.2, 0.25) is 0 Å². The lowest BCUT2D eigenvalue weighted by molar-refractivity contribution is -0.123. The molecule has 5 nitrogen and oxygen atoms in total. The molecule has 2 aromatic rings. The van der Waals surface area contributed by atoms with Crippen LogP contribution in [0.4, 0.5) is 0 Å². The van der Waals surface area contributed by atoms with Crippen LogP contribution in [0.1, 0.15) is 12.5 Å². The number of carbonyl (C=O) groups is 1. The minimum Gasteiger partial charge on any atom is -0.507 e. The molecule has 1 amide bonds. The second-order valence-electron chi connectivity index (χ2n) is 4.61. The molecule has 0 aliphatic carbocycles. The number of hydrazone groups is 1. The third-order valence-electron chi connectivity index (χ3n) is 2.89. The van der Waals surface area contributed by atoms with Crippen molar-refractivity contribution in [2.45, 2.75) is 6.92 Å². The van der Waals surface area contributed by atoms with Crippen LogP contribution < -0.4 is 10.2 Å². The number of para-hydroxylation sites is 1. The standard InChI is InChI=1S/C16H14BrClN2O3/c1-10(12-8-11(17)6-7-14(12)21)19-20-16(22)9-23-15-5-3-2-4-13(15)18/h2-8,21H,9H2,1H3,(H,20,22)/b19-10+. The van der Waals surface area contributed by atoms with Crippen molar-refractivity contribution in [3.63, 3.8) is 0 Å². The van der Waals surface area contributed by atoms with Crippen molar-refractivity contribution in [3.05, 3.63) is 57.5 Å². The fraction of sp³-hybridized carbons (Fsp3) is 0.125. The fourth-order valence-corrected chi connectivity index (χ4v) is 2.29. The molecular formula is C16H14BrClN2O3. The number of benzene rings is 2. The van der Waals surface area contributed by atoms with Crippen molar-refractivity contribution in [2.24, 2.45) is 5.10 Å². The number of phenols is 1. The van der Waals surface area contributed by atoms with Crippen LogP contribution in [-0.4, -0.2) is 23.3 Å². The van der Waals surface area contributed by atoms with Crippen LogP contribution in [0.3, 0.4) is 0 Å². The average molecular weight is 398 g/mol. The molecular weight excluding hydrogens is 384 g/mol. The van der Waals surface area contributed by atoms with Gasteiger partial charge in [0.05, 0.1) is 10.7 Å². The zero-order valence-corrected chi connectivity index (χ0v) is 14.6. The molecule has 0 aromatic heterocycles. The van der Waals surface area contributed by atoms with Crippen LogP contribution in [-0.2, 0) is 4.79 Å². The molecule has 0 spiro atoms. The quantitative estimate of drug-likeness (QED) is 0.596. The predicted molar refractivity (Wildman–Crippen MR) is 93.1 cm³/mol. The Hall–Kier alpha value is -2.05. The van der Waals surface area contributed by atoms with Gasteiger partial charge in [0.25, 0.3) is 5.91 Å². The first-order valence-electron chi connectivity index (χ1n) is 6.66. The molecule has 0 heterocycles. The Balaban J connectivity index is 1.95. The normalized spacial score (nSPS) is 11.2. The number of nitrogens with zero attached hydrogens (tertiary/aromatic N) is 1. The largest absolute Gasteiger partial charge is 0.507 e. The van der Waals surface area contributed by atoms with Crippen LogP contribution in [0.2, 0.25) is 5.02 Å². The molecule has 23 heavy (non-hydrogen) atoms. The number of carbonyl (C=O) groups excluding carboxylic acids is 1. The van der Waals surface area contributed by atoms with Gasteiger partial charge in [-0.05, 0) is 37.3 Å². The molecule has 0 atom stereocenters. The molecule has 0 radical (unpaired) electrons. The van der Waals surface area contributed by atoms with Crippen LogP contribution in [0.5, 0.6) is 11.5 Å². The zero-order chi connectivity index (χ0) is 16.8. The maximum absolute atomic E-state index is 11.8. The van der Waals surface area contributed by atoms with E-state index in [0.29, 0.717) is 22.0 Å². The average Bonchev–Trinajstić information content (AvgIpc) is 2.54. The summed E-state index contributed by atoms with van der Waals surface area (Å²) in [5.74, 6) is 0.0735. The highest BCUT2D eigenvalue weighted by molar-refractivity contribution is 9.10. The molecule has 2 rings (SSSR count). The Morgan fingerprint density at radius 1 is 1.35 bits per heavy atom. The molecule has 0 aliphatic heterocycles. The predicted octanol–water partition coefficient (Wildman–Crippen LogP) is 3.73. The third kappa shape index (κ3) is 4.97. The topological polar surface area (TPSA) is 70.9 Å². The SMILES string of the molecule is C/C(=N\NC(=O)COc1ccccc1Cl)c1cc(Br)ccc1O. The van der Waals surface area contributed by atoms with Crippen molar-refractivity contribution in [2.75, 3.05) is 6.61 Å². The van der Waals surface area contributed by atoms with Crippen LogP contribution in [0.25, 0.3) is 0 Å². The van der Waals surface area contributed by atoms with Gasteiger partial charge in [-0.25, -0.2) is 5.43 Å². The van der Waals surface area contributed by atoms with Crippen LogP contribution in [0.15, 0.2) is 52.0 Å². The summed E-state index contributed by atoms with van der Waals surface area (Å²) < 4.78 is 6.11. The molecule has 0 unspecified atom stereocenters. The van der Waals surface area contributed by atoms with Crippen molar-refractivity contribution in [1.82, 2.24) is 5.43 Å². The molecule has 7 heteroatoms. The first-order chi connectivity index (χ1) is 11.0. The highest BCUT2D eigenvalue weighted by atomic mass is 79.9. The molecule has 0 saturated carbocycles. The van der Waals surface area contributed by atoms with E-state index in [-0.39, 0.29) is 12.4 Å². The monoisotopic (exact) mass is 396 g/mol. The van der Waals surface area contributed by atoms with E-state index >= 15 is 0 Å². The van der Waals surface area contributed by atoms with Crippen LogP contribution >= 0.6 is 27.5 Å². The number of hydrogen-bond acceptors (Lipinski definition) is 4. The maximum atomic E-state index is 11.8. The van der Waals surface area contributed by atoms with E-state index in [1.807, 2.05) is 0 Å². The lowest BCUT2D eigenvalue weighted by Gasteiger charge is -2.08. The number of halogens is 2. The molecule has 120 valence electrons. The van der Waals surface area contributed by atoms with Crippen molar-refractivity contribution < 1.29 is 14.6 Å². The molecule has 0 aliphatic rings. The van der Waals surface area contributed by atoms with Gasteiger partial charge < -0.3 is 9.84 Å². The summed E-state index contributed by atoms with van der Waals surface area (Å²) in [6, 6.07) is 11.8. The van der Waals surface area contributed by atoms with Gasteiger partial charge in [-0.3, -0.25) is 4.79 Å². The second-order valence-corrected chi connectivity index (χ2v) is 5.94. The van der Waals surface area contributed by atoms with Gasteiger partial charge in [0, 0.05) is 10.0 Å². The fourth-order valence-electron chi connectivity index (χ4n) is 1.74. The first kappa shape index (κ1) is 17.3. The van der Waals surface area contributed by atoms with Gasteiger partial charge in [0.15, 0.2) is 6.61 Å². The summed E-state index contributed by atoms with van der Waals surface area (Å²) >= 11 is 9.25. The van der Waals surface area contributed by atoms with Gasteiger partial charge in [-0.1, -0.05) is 39.7 Å². The Labute approximate surface area is 147 Å². The van der Waals surface area contributed by atoms with E-state index in [1.54, 1.807) is 49.4 Å². The highest BCUT2D eigenvalue weighted by Crippen LogP contribution is 2.23. The van der Waals surface area contributed by atoms with Crippen molar-refractivity contribution in [1.29, 1.82) is 0 Å². The molecule has 0 saturated heterocycles. The van der Waals surface area contributed by atoms with Crippen molar-refractivity contribution in [3.8, 4) is 11.5 Å². The summed E-state index contributed by atoms with van der Waals surface area (Å²) in [6.07, 6.45) is 0. The maximum Gasteiger partial charge on any atom is 0.277 e. The van der Waals surface area contributed by atoms with E-state index < -0.39 is 5.91 Å². The number of hydrogen-bond donors (Lipinski definition) is 2. The summed E-state index contributed by atoms with van der Waals surface area (Å²) in [7, 11) is 0. The number of phenolic OH excluding ortho intramolecular Hbond substituents is 1. The Morgan fingerprint density at radius 2 is 2.09 bits per heavy atom. The smallest absolute Gasteiger partial charge is 0.277 e. The van der Waals surface area contributed by atoms with Gasteiger partial charge in [-0.15, -0.1) is 0 Å².